The van der Waals surface area contributed by atoms with Crippen LogP contribution in [-0.2, 0) is 0 Å². The number of hydrogen-bond acceptors (Lipinski definition) is 2. The van der Waals surface area contributed by atoms with Gasteiger partial charge in [-0.1, -0.05) is 31.0 Å². The number of rotatable bonds is 4. The molecular formula is C14H16N2. The van der Waals surface area contributed by atoms with Gasteiger partial charge in [0.1, 0.15) is 0 Å². The van der Waals surface area contributed by atoms with E-state index in [-0.39, 0.29) is 0 Å². The molecule has 1 aromatic carbocycles. The summed E-state index contributed by atoms with van der Waals surface area (Å²) in [5, 5.41) is 4.74. The highest BCUT2D eigenvalue weighted by Crippen LogP contribution is 2.32. The summed E-state index contributed by atoms with van der Waals surface area (Å²) in [7, 11) is 0. The molecule has 0 radical (unpaired) electrons. The van der Waals surface area contributed by atoms with Gasteiger partial charge in [-0.3, -0.25) is 4.98 Å². The summed E-state index contributed by atoms with van der Waals surface area (Å²) in [6.07, 6.45) is 6.04. The Balaban J connectivity index is 1.79. The van der Waals surface area contributed by atoms with Crippen LogP contribution in [0, 0.1) is 5.92 Å². The van der Waals surface area contributed by atoms with Gasteiger partial charge in [0.15, 0.2) is 0 Å². The van der Waals surface area contributed by atoms with Crippen LogP contribution in [0.3, 0.4) is 0 Å². The molecule has 2 nitrogen and oxygen atoms in total. The lowest BCUT2D eigenvalue weighted by Gasteiger charge is -2.08. The summed E-state index contributed by atoms with van der Waals surface area (Å²) in [6, 6.07) is 10.3. The number of nitrogens with zero attached hydrogens (tertiary/aromatic N) is 1. The normalized spacial score (nSPS) is 15.2. The topological polar surface area (TPSA) is 24.9 Å². The minimum atomic E-state index is 0.987. The highest BCUT2D eigenvalue weighted by molar-refractivity contribution is 5.90. The van der Waals surface area contributed by atoms with Crippen molar-refractivity contribution in [3.63, 3.8) is 0 Å². The van der Waals surface area contributed by atoms with E-state index in [1.54, 1.807) is 0 Å². The van der Waals surface area contributed by atoms with Gasteiger partial charge in [0.05, 0.1) is 5.52 Å². The van der Waals surface area contributed by atoms with Crippen LogP contribution in [0.15, 0.2) is 36.5 Å². The van der Waals surface area contributed by atoms with Gasteiger partial charge in [-0.25, -0.2) is 0 Å². The molecule has 0 aliphatic heterocycles. The molecule has 82 valence electrons. The van der Waals surface area contributed by atoms with E-state index in [9.17, 15) is 0 Å². The summed E-state index contributed by atoms with van der Waals surface area (Å²) in [4.78, 5) is 4.36. The number of anilines is 1. The summed E-state index contributed by atoms with van der Waals surface area (Å²) in [6.45, 7) is 1.08. The average molecular weight is 212 g/mol. The molecular weight excluding hydrogens is 196 g/mol. The molecule has 0 saturated heterocycles. The third-order valence-corrected chi connectivity index (χ3v) is 3.21. The van der Waals surface area contributed by atoms with Gasteiger partial charge in [-0.2, -0.15) is 0 Å². The summed E-state index contributed by atoms with van der Waals surface area (Å²) in [5.41, 5.74) is 2.28. The van der Waals surface area contributed by atoms with Crippen LogP contribution < -0.4 is 5.32 Å². The number of para-hydroxylation sites is 1. The molecule has 1 aliphatic carbocycles. The van der Waals surface area contributed by atoms with Gasteiger partial charge in [-0.05, 0) is 24.5 Å². The molecule has 1 saturated carbocycles. The molecule has 0 amide bonds. The van der Waals surface area contributed by atoms with Crippen LogP contribution in [0.2, 0.25) is 0 Å². The predicted octanol–water partition coefficient (Wildman–Crippen LogP) is 3.45. The Morgan fingerprint density at radius 2 is 2.06 bits per heavy atom. The van der Waals surface area contributed by atoms with Crippen molar-refractivity contribution < 1.29 is 0 Å². The fourth-order valence-corrected chi connectivity index (χ4v) is 2.07. The second-order valence-electron chi connectivity index (χ2n) is 4.53. The van der Waals surface area contributed by atoms with Crippen LogP contribution in [-0.4, -0.2) is 11.5 Å². The quantitative estimate of drug-likeness (QED) is 0.839. The molecule has 0 spiro atoms. The fourth-order valence-electron chi connectivity index (χ4n) is 2.07. The number of hydrogen-bond donors (Lipinski definition) is 1. The van der Waals surface area contributed by atoms with Crippen molar-refractivity contribution in [1.29, 1.82) is 0 Å². The van der Waals surface area contributed by atoms with E-state index in [1.807, 2.05) is 12.3 Å². The molecule has 2 heteroatoms. The van der Waals surface area contributed by atoms with E-state index in [0.717, 1.165) is 18.0 Å². The second kappa shape index (κ2) is 4.12. The van der Waals surface area contributed by atoms with Gasteiger partial charge in [0.25, 0.3) is 0 Å². The highest BCUT2D eigenvalue weighted by Gasteiger charge is 2.20. The Morgan fingerprint density at radius 1 is 1.19 bits per heavy atom. The largest absolute Gasteiger partial charge is 0.384 e. The van der Waals surface area contributed by atoms with Crippen LogP contribution >= 0.6 is 0 Å². The SMILES string of the molecule is c1ccc2c(NCCC3CC3)ccnc2c1. The maximum absolute atomic E-state index is 4.36. The summed E-state index contributed by atoms with van der Waals surface area (Å²) in [5.74, 6) is 0.987. The minimum absolute atomic E-state index is 0.987. The Bertz CT molecular complexity index is 484. The molecule has 1 fully saturated rings. The van der Waals surface area contributed by atoms with Crippen molar-refractivity contribution in [2.24, 2.45) is 5.92 Å². The number of nitrogens with one attached hydrogen (secondary N) is 1. The monoisotopic (exact) mass is 212 g/mol. The standard InChI is InChI=1S/C14H16N2/c1-2-4-13-12(3-1)14(8-10-16-13)15-9-7-11-5-6-11/h1-4,8,10-11H,5-7,9H2,(H,15,16). The van der Waals surface area contributed by atoms with E-state index in [0.29, 0.717) is 0 Å². The molecule has 1 heterocycles. The first-order valence-corrected chi connectivity index (χ1v) is 6.01. The lowest BCUT2D eigenvalue weighted by atomic mass is 10.2. The number of aromatic nitrogens is 1. The van der Waals surface area contributed by atoms with Crippen molar-refractivity contribution in [3.8, 4) is 0 Å². The van der Waals surface area contributed by atoms with E-state index < -0.39 is 0 Å². The summed E-state index contributed by atoms with van der Waals surface area (Å²) >= 11 is 0. The third-order valence-electron chi connectivity index (χ3n) is 3.21. The molecule has 1 N–H and O–H groups in total. The van der Waals surface area contributed by atoms with Crippen molar-refractivity contribution in [3.05, 3.63) is 36.5 Å². The molecule has 0 bridgehead atoms. The van der Waals surface area contributed by atoms with Crippen LogP contribution in [0.25, 0.3) is 10.9 Å². The minimum Gasteiger partial charge on any atom is -0.384 e. The Hall–Kier alpha value is -1.57. The van der Waals surface area contributed by atoms with Crippen LogP contribution in [0.5, 0.6) is 0 Å². The maximum Gasteiger partial charge on any atom is 0.0722 e. The van der Waals surface area contributed by atoms with Crippen LogP contribution in [0.4, 0.5) is 5.69 Å². The smallest absolute Gasteiger partial charge is 0.0722 e. The highest BCUT2D eigenvalue weighted by atomic mass is 14.9. The van der Waals surface area contributed by atoms with Gasteiger partial charge < -0.3 is 5.32 Å². The first-order chi connectivity index (χ1) is 7.93. The van der Waals surface area contributed by atoms with E-state index in [1.165, 1.54) is 30.3 Å². The Labute approximate surface area is 95.7 Å². The molecule has 0 atom stereocenters. The zero-order valence-electron chi connectivity index (χ0n) is 9.32. The molecule has 1 aliphatic rings. The van der Waals surface area contributed by atoms with Crippen molar-refractivity contribution >= 4 is 16.6 Å². The first kappa shape index (κ1) is 9.64. The molecule has 1 aromatic heterocycles. The van der Waals surface area contributed by atoms with Crippen molar-refractivity contribution in [2.45, 2.75) is 19.3 Å². The van der Waals surface area contributed by atoms with E-state index >= 15 is 0 Å². The second-order valence-corrected chi connectivity index (χ2v) is 4.53. The van der Waals surface area contributed by atoms with Gasteiger partial charge in [0, 0.05) is 23.8 Å². The fraction of sp³-hybridized carbons (Fsp3) is 0.357. The Kier molecular flexibility index (Phi) is 2.49. The predicted molar refractivity (Wildman–Crippen MR) is 67.6 cm³/mol. The average Bonchev–Trinajstić information content (AvgIpc) is 3.13. The molecule has 0 unspecified atom stereocenters. The lowest BCUT2D eigenvalue weighted by molar-refractivity contribution is 0.761. The molecule has 3 rings (SSSR count). The zero-order chi connectivity index (χ0) is 10.8. The van der Waals surface area contributed by atoms with Crippen molar-refractivity contribution in [2.75, 3.05) is 11.9 Å². The van der Waals surface area contributed by atoms with Crippen molar-refractivity contribution in [1.82, 2.24) is 4.98 Å². The third kappa shape index (κ3) is 2.01. The lowest BCUT2D eigenvalue weighted by Crippen LogP contribution is -2.02. The Morgan fingerprint density at radius 3 is 2.94 bits per heavy atom. The maximum atomic E-state index is 4.36. The van der Waals surface area contributed by atoms with Gasteiger partial charge in [-0.15, -0.1) is 0 Å². The number of fused-ring (bicyclic) bond motifs is 1. The zero-order valence-corrected chi connectivity index (χ0v) is 9.32. The van der Waals surface area contributed by atoms with E-state index in [2.05, 4.69) is 34.6 Å². The van der Waals surface area contributed by atoms with Gasteiger partial charge in [0.2, 0.25) is 0 Å². The number of pyridine rings is 1. The molecule has 16 heavy (non-hydrogen) atoms. The summed E-state index contributed by atoms with van der Waals surface area (Å²) < 4.78 is 0. The van der Waals surface area contributed by atoms with Crippen LogP contribution in [0.1, 0.15) is 19.3 Å². The van der Waals surface area contributed by atoms with Gasteiger partial charge >= 0.3 is 0 Å². The first-order valence-electron chi connectivity index (χ1n) is 6.01. The molecule has 2 aromatic rings. The van der Waals surface area contributed by atoms with E-state index in [4.69, 9.17) is 0 Å². The number of benzene rings is 1.